The van der Waals surface area contributed by atoms with Crippen LogP contribution in [-0.4, -0.2) is 41.6 Å². The fraction of sp³-hybridized carbons (Fsp3) is 0.529. The lowest BCUT2D eigenvalue weighted by atomic mass is 9.96. The van der Waals surface area contributed by atoms with Crippen molar-refractivity contribution in [2.75, 3.05) is 19.6 Å². The summed E-state index contributed by atoms with van der Waals surface area (Å²) in [6.45, 7) is 1.37. The number of amides is 2. The Hall–Kier alpha value is -2.11. The smallest absolute Gasteiger partial charge is 0.317 e. The number of likely N-dealkylation sites (tertiary alicyclic amines) is 1. The number of urea groups is 1. The third-order valence-electron chi connectivity index (χ3n) is 4.95. The Morgan fingerprint density at radius 2 is 2.00 bits per heavy atom. The summed E-state index contributed by atoms with van der Waals surface area (Å²) < 4.78 is 13.0. The number of aliphatic carboxylic acids is 1. The van der Waals surface area contributed by atoms with E-state index in [0.717, 1.165) is 18.4 Å². The number of carbonyl (C=O) groups excluding carboxylic acids is 1. The number of benzene rings is 1. The largest absolute Gasteiger partial charge is 0.481 e. The number of carbonyl (C=O) groups is 2. The van der Waals surface area contributed by atoms with E-state index in [9.17, 15) is 14.0 Å². The molecule has 1 saturated heterocycles. The minimum absolute atomic E-state index is 0.0919. The van der Waals surface area contributed by atoms with Crippen molar-refractivity contribution in [2.45, 2.75) is 31.1 Å². The topological polar surface area (TPSA) is 69.6 Å². The molecule has 1 aromatic rings. The summed E-state index contributed by atoms with van der Waals surface area (Å²) in [4.78, 5) is 24.9. The first-order chi connectivity index (χ1) is 11.0. The average molecular weight is 320 g/mol. The van der Waals surface area contributed by atoms with Gasteiger partial charge < -0.3 is 15.3 Å². The van der Waals surface area contributed by atoms with Gasteiger partial charge in [0.1, 0.15) is 5.82 Å². The summed E-state index contributed by atoms with van der Waals surface area (Å²) in [5.41, 5.74) is 0.951. The monoisotopic (exact) mass is 320 g/mol. The van der Waals surface area contributed by atoms with Gasteiger partial charge in [0.25, 0.3) is 0 Å². The Balaban J connectivity index is 1.56. The molecule has 0 spiro atoms. The van der Waals surface area contributed by atoms with E-state index in [-0.39, 0.29) is 23.8 Å². The second kappa shape index (κ2) is 6.18. The highest BCUT2D eigenvalue weighted by molar-refractivity contribution is 5.76. The second-order valence-corrected chi connectivity index (χ2v) is 6.57. The van der Waals surface area contributed by atoms with Crippen molar-refractivity contribution >= 4 is 12.0 Å². The molecule has 0 radical (unpaired) electrons. The van der Waals surface area contributed by atoms with Gasteiger partial charge >= 0.3 is 12.0 Å². The molecule has 6 heteroatoms. The molecule has 1 heterocycles. The van der Waals surface area contributed by atoms with Crippen molar-refractivity contribution in [1.82, 2.24) is 10.2 Å². The Morgan fingerprint density at radius 3 is 2.61 bits per heavy atom. The van der Waals surface area contributed by atoms with Gasteiger partial charge in [0.2, 0.25) is 0 Å². The summed E-state index contributed by atoms with van der Waals surface area (Å²) in [5, 5.41) is 12.0. The highest BCUT2D eigenvalue weighted by atomic mass is 19.1. The minimum atomic E-state index is -0.840. The molecule has 1 aliphatic heterocycles. The van der Waals surface area contributed by atoms with E-state index in [0.29, 0.717) is 25.9 Å². The van der Waals surface area contributed by atoms with Crippen molar-refractivity contribution in [1.29, 1.82) is 0 Å². The Morgan fingerprint density at radius 1 is 1.30 bits per heavy atom. The third kappa shape index (κ3) is 3.46. The fourth-order valence-corrected chi connectivity index (χ4v) is 3.24. The fourth-order valence-electron chi connectivity index (χ4n) is 3.24. The van der Waals surface area contributed by atoms with Gasteiger partial charge in [-0.25, -0.2) is 9.18 Å². The quantitative estimate of drug-likeness (QED) is 0.895. The first-order valence-corrected chi connectivity index (χ1v) is 8.02. The number of nitrogens with zero attached hydrogens (tertiary/aromatic N) is 1. The van der Waals surface area contributed by atoms with Crippen molar-refractivity contribution in [3.8, 4) is 0 Å². The second-order valence-electron chi connectivity index (χ2n) is 6.57. The van der Waals surface area contributed by atoms with Gasteiger partial charge in [0.15, 0.2) is 0 Å². The lowest BCUT2D eigenvalue weighted by molar-refractivity contribution is -0.143. The van der Waals surface area contributed by atoms with Crippen LogP contribution in [0.5, 0.6) is 0 Å². The van der Waals surface area contributed by atoms with E-state index in [1.807, 2.05) is 0 Å². The van der Waals surface area contributed by atoms with Crippen molar-refractivity contribution in [2.24, 2.45) is 5.92 Å². The Bertz CT molecular complexity index is 598. The summed E-state index contributed by atoms with van der Waals surface area (Å²) >= 11 is 0. The van der Waals surface area contributed by atoms with Gasteiger partial charge in [-0.2, -0.15) is 0 Å². The Kier molecular flexibility index (Phi) is 4.24. The highest BCUT2D eigenvalue weighted by Gasteiger charge is 2.44. The molecule has 5 nitrogen and oxygen atoms in total. The molecule has 1 aliphatic carbocycles. The average Bonchev–Trinajstić information content (AvgIpc) is 3.34. The summed E-state index contributed by atoms with van der Waals surface area (Å²) in [6, 6.07) is 6.23. The van der Waals surface area contributed by atoms with E-state index in [1.165, 1.54) is 12.1 Å². The summed E-state index contributed by atoms with van der Waals surface area (Å²) in [5.74, 6) is -1.57. The number of nitrogens with one attached hydrogen (secondary N) is 1. The standard InChI is InChI=1S/C17H21FN2O3/c18-14-5-3-13(4-6-14)17(7-8-17)11-19-16(23)20-9-1-2-12(10-20)15(21)22/h3-6,12H,1-2,7-11H2,(H,19,23)(H,21,22). The van der Waals surface area contributed by atoms with Crippen LogP contribution in [-0.2, 0) is 10.2 Å². The molecule has 2 aliphatic rings. The molecule has 0 bridgehead atoms. The highest BCUT2D eigenvalue weighted by Crippen LogP contribution is 2.47. The maximum atomic E-state index is 13.0. The van der Waals surface area contributed by atoms with Crippen LogP contribution in [0, 0.1) is 11.7 Å². The molecular weight excluding hydrogens is 299 g/mol. The Labute approximate surface area is 134 Å². The van der Waals surface area contributed by atoms with Crippen LogP contribution < -0.4 is 5.32 Å². The van der Waals surface area contributed by atoms with Crippen LogP contribution >= 0.6 is 0 Å². The third-order valence-corrected chi connectivity index (χ3v) is 4.95. The zero-order valence-corrected chi connectivity index (χ0v) is 12.9. The van der Waals surface area contributed by atoms with Crippen LogP contribution in [0.25, 0.3) is 0 Å². The normalized spacial score (nSPS) is 22.5. The van der Waals surface area contributed by atoms with Crippen LogP contribution in [0.15, 0.2) is 24.3 Å². The van der Waals surface area contributed by atoms with Crippen LogP contribution in [0.2, 0.25) is 0 Å². The van der Waals surface area contributed by atoms with Gasteiger partial charge in [0.05, 0.1) is 5.92 Å². The lowest BCUT2D eigenvalue weighted by Crippen LogP contribution is -2.48. The molecule has 2 N–H and O–H groups in total. The molecule has 0 aromatic heterocycles. The molecular formula is C17H21FN2O3. The van der Waals surface area contributed by atoms with E-state index in [1.54, 1.807) is 17.0 Å². The van der Waals surface area contributed by atoms with E-state index in [2.05, 4.69) is 5.32 Å². The van der Waals surface area contributed by atoms with Crippen LogP contribution in [0.4, 0.5) is 9.18 Å². The number of rotatable bonds is 4. The van der Waals surface area contributed by atoms with E-state index in [4.69, 9.17) is 5.11 Å². The van der Waals surface area contributed by atoms with Gasteiger partial charge in [0, 0.05) is 25.0 Å². The molecule has 2 amide bonds. The first-order valence-electron chi connectivity index (χ1n) is 8.02. The number of hydrogen-bond donors (Lipinski definition) is 2. The number of hydrogen-bond acceptors (Lipinski definition) is 2. The molecule has 1 aromatic carbocycles. The minimum Gasteiger partial charge on any atom is -0.481 e. The molecule has 23 heavy (non-hydrogen) atoms. The molecule has 3 rings (SSSR count). The zero-order valence-electron chi connectivity index (χ0n) is 12.9. The predicted molar refractivity (Wildman–Crippen MR) is 82.6 cm³/mol. The number of carboxylic acids is 1. The number of halogens is 1. The van der Waals surface area contributed by atoms with Crippen molar-refractivity contribution in [3.63, 3.8) is 0 Å². The van der Waals surface area contributed by atoms with Gasteiger partial charge in [-0.15, -0.1) is 0 Å². The molecule has 124 valence electrons. The molecule has 1 saturated carbocycles. The van der Waals surface area contributed by atoms with Gasteiger partial charge in [-0.3, -0.25) is 4.79 Å². The lowest BCUT2D eigenvalue weighted by Gasteiger charge is -2.31. The SMILES string of the molecule is O=C(O)C1CCCN(C(=O)NCC2(c3ccc(F)cc3)CC2)C1. The first kappa shape index (κ1) is 15.8. The maximum absolute atomic E-state index is 13.0. The maximum Gasteiger partial charge on any atom is 0.317 e. The van der Waals surface area contributed by atoms with Crippen LogP contribution in [0.1, 0.15) is 31.2 Å². The summed E-state index contributed by atoms with van der Waals surface area (Å²) in [7, 11) is 0. The van der Waals surface area contributed by atoms with Gasteiger partial charge in [-0.1, -0.05) is 12.1 Å². The molecule has 2 fully saturated rings. The molecule has 1 unspecified atom stereocenters. The zero-order chi connectivity index (χ0) is 16.4. The molecule has 1 atom stereocenters. The van der Waals surface area contributed by atoms with Crippen LogP contribution in [0.3, 0.4) is 0 Å². The van der Waals surface area contributed by atoms with Crippen molar-refractivity contribution in [3.05, 3.63) is 35.6 Å². The van der Waals surface area contributed by atoms with E-state index < -0.39 is 11.9 Å². The number of piperidine rings is 1. The number of carboxylic acid groups (broad SMARTS) is 1. The van der Waals surface area contributed by atoms with E-state index >= 15 is 0 Å². The van der Waals surface area contributed by atoms with Gasteiger partial charge in [-0.05, 0) is 43.4 Å². The van der Waals surface area contributed by atoms with Crippen molar-refractivity contribution < 1.29 is 19.1 Å². The summed E-state index contributed by atoms with van der Waals surface area (Å²) in [6.07, 6.45) is 3.28. The predicted octanol–water partition coefficient (Wildman–Crippen LogP) is 2.36.